The monoisotopic (exact) mass is 532 g/mol. The zero-order valence-corrected chi connectivity index (χ0v) is 22.0. The molecule has 1 saturated heterocycles. The number of nitrogens with zero attached hydrogens (tertiary/aromatic N) is 4. The molecule has 1 fully saturated rings. The largest absolute Gasteiger partial charge is 0.417 e. The number of amides is 1. The standard InChI is InChI=1S/C23H31F3N4O3S2/c1-22(2)20(31)30(18-12-11-17(16-27)19(15-18)23(24,25)26)21(34)29(22)13-9-7-5-6-8-10-14-35(32,33)28(3)4/h11-12,15H,5-10,13-14H2,1-4H3. The molecular formula is C23H31F3N4O3S2. The molecule has 194 valence electrons. The number of hydrogen-bond donors (Lipinski definition) is 0. The van der Waals surface area contributed by atoms with E-state index < -0.39 is 38.8 Å². The van der Waals surface area contributed by atoms with Gasteiger partial charge < -0.3 is 4.90 Å². The molecule has 1 aromatic carbocycles. The van der Waals surface area contributed by atoms with E-state index in [0.29, 0.717) is 13.0 Å². The number of sulfonamides is 1. The number of rotatable bonds is 11. The van der Waals surface area contributed by atoms with E-state index >= 15 is 0 Å². The van der Waals surface area contributed by atoms with Crippen LogP contribution < -0.4 is 4.90 Å². The van der Waals surface area contributed by atoms with Gasteiger partial charge in [-0.05, 0) is 57.1 Å². The number of halogens is 3. The minimum absolute atomic E-state index is 0.0189. The third-order valence-corrected chi connectivity index (χ3v) is 8.42. The smallest absolute Gasteiger partial charge is 0.334 e. The maximum atomic E-state index is 13.4. The molecule has 0 unspecified atom stereocenters. The number of hydrogen-bond acceptors (Lipinski definition) is 5. The van der Waals surface area contributed by atoms with Gasteiger partial charge in [0.15, 0.2) is 5.11 Å². The van der Waals surface area contributed by atoms with Gasteiger partial charge in [-0.15, -0.1) is 0 Å². The zero-order chi connectivity index (χ0) is 26.6. The van der Waals surface area contributed by atoms with E-state index in [2.05, 4.69) is 0 Å². The number of thiocarbonyl (C=S) groups is 1. The number of benzene rings is 1. The van der Waals surface area contributed by atoms with Crippen molar-refractivity contribution in [3.05, 3.63) is 29.3 Å². The Morgan fingerprint density at radius 1 is 1.09 bits per heavy atom. The lowest BCUT2D eigenvalue weighted by atomic mass is 10.0. The Hall–Kier alpha value is -2.23. The van der Waals surface area contributed by atoms with Crippen LogP contribution in [0.1, 0.15) is 63.5 Å². The summed E-state index contributed by atoms with van der Waals surface area (Å²) in [5, 5.41) is 9.15. The second-order valence-corrected chi connectivity index (χ2v) is 11.9. The summed E-state index contributed by atoms with van der Waals surface area (Å²) in [5.74, 6) is -0.304. The Morgan fingerprint density at radius 3 is 2.20 bits per heavy atom. The molecule has 0 N–H and O–H groups in total. The predicted octanol–water partition coefficient (Wildman–Crippen LogP) is 4.52. The Balaban J connectivity index is 1.97. The summed E-state index contributed by atoms with van der Waals surface area (Å²) in [5.41, 5.74) is -2.67. The average molecular weight is 533 g/mol. The van der Waals surface area contributed by atoms with Crippen LogP contribution in [0.15, 0.2) is 18.2 Å². The molecule has 7 nitrogen and oxygen atoms in total. The summed E-state index contributed by atoms with van der Waals surface area (Å²) in [6.45, 7) is 3.83. The molecule has 12 heteroatoms. The van der Waals surface area contributed by atoms with E-state index in [9.17, 15) is 26.4 Å². The summed E-state index contributed by atoms with van der Waals surface area (Å²) >= 11 is 5.48. The molecular weight excluding hydrogens is 501 g/mol. The maximum absolute atomic E-state index is 13.4. The quantitative estimate of drug-likeness (QED) is 0.308. The van der Waals surface area contributed by atoms with Gasteiger partial charge >= 0.3 is 6.18 Å². The minimum Gasteiger partial charge on any atom is -0.334 e. The number of carbonyl (C=O) groups excluding carboxylic acids is 1. The van der Waals surface area contributed by atoms with Gasteiger partial charge in [-0.2, -0.15) is 18.4 Å². The predicted molar refractivity (Wildman–Crippen MR) is 132 cm³/mol. The van der Waals surface area contributed by atoms with E-state index in [4.69, 9.17) is 17.5 Å². The summed E-state index contributed by atoms with van der Waals surface area (Å²) in [6, 6.07) is 4.67. The van der Waals surface area contributed by atoms with Crippen LogP contribution in [0.5, 0.6) is 0 Å². The molecule has 0 aromatic heterocycles. The van der Waals surface area contributed by atoms with Gasteiger partial charge in [-0.25, -0.2) is 12.7 Å². The first-order valence-electron chi connectivity index (χ1n) is 11.3. The van der Waals surface area contributed by atoms with Crippen LogP contribution in [0.2, 0.25) is 0 Å². The van der Waals surface area contributed by atoms with Crippen molar-refractivity contribution in [3.8, 4) is 6.07 Å². The highest BCUT2D eigenvalue weighted by molar-refractivity contribution is 7.89. The number of alkyl halides is 3. The Morgan fingerprint density at radius 2 is 1.66 bits per heavy atom. The van der Waals surface area contributed by atoms with Crippen LogP contribution in [0.3, 0.4) is 0 Å². The molecule has 0 radical (unpaired) electrons. The molecule has 0 spiro atoms. The van der Waals surface area contributed by atoms with E-state index in [0.717, 1.165) is 49.1 Å². The molecule has 0 atom stereocenters. The van der Waals surface area contributed by atoms with Crippen molar-refractivity contribution >= 4 is 38.9 Å². The first-order chi connectivity index (χ1) is 16.1. The first kappa shape index (κ1) is 29.0. The van der Waals surface area contributed by atoms with Crippen molar-refractivity contribution in [2.45, 2.75) is 64.1 Å². The Bertz CT molecular complexity index is 1100. The van der Waals surface area contributed by atoms with Crippen molar-refractivity contribution in [1.29, 1.82) is 5.26 Å². The van der Waals surface area contributed by atoms with Crippen molar-refractivity contribution in [3.63, 3.8) is 0 Å². The van der Waals surface area contributed by atoms with Gasteiger partial charge in [0.2, 0.25) is 10.0 Å². The molecule has 35 heavy (non-hydrogen) atoms. The van der Waals surface area contributed by atoms with Crippen LogP contribution in [-0.4, -0.2) is 60.6 Å². The first-order valence-corrected chi connectivity index (χ1v) is 13.3. The molecule has 1 aliphatic rings. The molecule has 1 heterocycles. The summed E-state index contributed by atoms with van der Waals surface area (Å²) in [6.07, 6.45) is 0.00154. The zero-order valence-electron chi connectivity index (χ0n) is 20.4. The highest BCUT2D eigenvalue weighted by atomic mass is 32.2. The number of anilines is 1. The molecule has 0 bridgehead atoms. The van der Waals surface area contributed by atoms with Crippen LogP contribution in [-0.2, 0) is 21.0 Å². The van der Waals surface area contributed by atoms with Crippen molar-refractivity contribution < 1.29 is 26.4 Å². The van der Waals surface area contributed by atoms with Crippen molar-refractivity contribution in [2.24, 2.45) is 0 Å². The Kier molecular flexibility index (Phi) is 9.30. The summed E-state index contributed by atoms with van der Waals surface area (Å²) < 4.78 is 65.0. The molecule has 1 aliphatic heterocycles. The molecule has 1 amide bonds. The number of nitriles is 1. The fraction of sp³-hybridized carbons (Fsp3) is 0.609. The summed E-state index contributed by atoms with van der Waals surface area (Å²) in [7, 11) is -0.145. The summed E-state index contributed by atoms with van der Waals surface area (Å²) in [4.78, 5) is 15.9. The molecule has 2 rings (SSSR count). The molecule has 0 aliphatic carbocycles. The topological polar surface area (TPSA) is 84.7 Å². The number of unbranched alkanes of at least 4 members (excludes halogenated alkanes) is 5. The second kappa shape index (κ2) is 11.2. The highest BCUT2D eigenvalue weighted by Gasteiger charge is 2.49. The fourth-order valence-corrected chi connectivity index (χ4v) is 5.33. The lowest BCUT2D eigenvalue weighted by Crippen LogP contribution is -2.44. The normalized spacial score (nSPS) is 16.3. The average Bonchev–Trinajstić information content (AvgIpc) is 2.93. The van der Waals surface area contributed by atoms with Gasteiger partial charge in [0.05, 0.1) is 28.6 Å². The third kappa shape index (κ3) is 6.71. The molecule has 1 aromatic rings. The molecule has 0 saturated carbocycles. The van der Waals surface area contributed by atoms with Gasteiger partial charge in [0.1, 0.15) is 5.54 Å². The van der Waals surface area contributed by atoms with E-state index in [1.807, 2.05) is 0 Å². The van der Waals surface area contributed by atoms with E-state index in [1.54, 1.807) is 18.7 Å². The second-order valence-electron chi connectivity index (χ2n) is 9.19. The van der Waals surface area contributed by atoms with Crippen LogP contribution in [0.25, 0.3) is 0 Å². The van der Waals surface area contributed by atoms with Gasteiger partial charge in [-0.3, -0.25) is 9.69 Å². The number of carbonyl (C=O) groups is 1. The van der Waals surface area contributed by atoms with Gasteiger partial charge in [0.25, 0.3) is 5.91 Å². The van der Waals surface area contributed by atoms with Gasteiger partial charge in [0, 0.05) is 20.6 Å². The van der Waals surface area contributed by atoms with Crippen molar-refractivity contribution in [2.75, 3.05) is 31.3 Å². The van der Waals surface area contributed by atoms with Crippen LogP contribution in [0.4, 0.5) is 18.9 Å². The minimum atomic E-state index is -4.74. The lowest BCUT2D eigenvalue weighted by Gasteiger charge is -2.29. The van der Waals surface area contributed by atoms with Gasteiger partial charge in [-0.1, -0.05) is 25.7 Å². The van der Waals surface area contributed by atoms with E-state index in [-0.39, 0.29) is 16.6 Å². The van der Waals surface area contributed by atoms with Crippen LogP contribution in [0, 0.1) is 11.3 Å². The lowest BCUT2D eigenvalue weighted by molar-refractivity contribution is -0.137. The van der Waals surface area contributed by atoms with E-state index in [1.165, 1.54) is 30.5 Å². The Labute approximate surface area is 210 Å². The highest BCUT2D eigenvalue weighted by Crippen LogP contribution is 2.38. The van der Waals surface area contributed by atoms with Crippen LogP contribution >= 0.6 is 12.2 Å². The third-order valence-electron chi connectivity index (χ3n) is 6.10. The SMILES string of the molecule is CN(C)S(=O)(=O)CCCCCCCCN1C(=S)N(c2ccc(C#N)c(C(F)(F)F)c2)C(=O)C1(C)C. The fourth-order valence-electron chi connectivity index (χ4n) is 3.89. The maximum Gasteiger partial charge on any atom is 0.417 e. The van der Waals surface area contributed by atoms with Crippen molar-refractivity contribution in [1.82, 2.24) is 9.21 Å².